The number of hydrogen-bond donors (Lipinski definition) is 1. The molecule has 0 fully saturated rings. The van der Waals surface area contributed by atoms with Crippen molar-refractivity contribution in [1.82, 2.24) is 15.1 Å². The molecule has 1 N–H and O–H groups in total. The standard InChI is InChI=1S/C18H19N3S/c1-2-5-14(6-3-1)13-21-16-9-11-19-10-8-15(16)18(20-21)17-7-4-12-22-17/h1-7,12,19H,8-11,13H2. The van der Waals surface area contributed by atoms with Crippen molar-refractivity contribution in [2.75, 3.05) is 13.1 Å². The Morgan fingerprint density at radius 3 is 2.73 bits per heavy atom. The average Bonchev–Trinajstić information content (AvgIpc) is 3.11. The summed E-state index contributed by atoms with van der Waals surface area (Å²) in [4.78, 5) is 1.28. The highest BCUT2D eigenvalue weighted by Crippen LogP contribution is 2.30. The lowest BCUT2D eigenvalue weighted by molar-refractivity contribution is 0.629. The Kier molecular flexibility index (Phi) is 3.79. The van der Waals surface area contributed by atoms with E-state index in [4.69, 9.17) is 5.10 Å². The van der Waals surface area contributed by atoms with Gasteiger partial charge in [0.2, 0.25) is 0 Å². The summed E-state index contributed by atoms with van der Waals surface area (Å²) in [6, 6.07) is 14.9. The molecule has 0 unspecified atom stereocenters. The summed E-state index contributed by atoms with van der Waals surface area (Å²) in [6.07, 6.45) is 2.12. The van der Waals surface area contributed by atoms with Crippen LogP contribution < -0.4 is 5.32 Å². The summed E-state index contributed by atoms with van der Waals surface area (Å²) in [6.45, 7) is 2.94. The van der Waals surface area contributed by atoms with Crippen LogP contribution in [-0.2, 0) is 19.4 Å². The van der Waals surface area contributed by atoms with Crippen LogP contribution in [0.15, 0.2) is 47.8 Å². The van der Waals surface area contributed by atoms with Crippen LogP contribution in [0.3, 0.4) is 0 Å². The number of hydrogen-bond acceptors (Lipinski definition) is 3. The number of thiophene rings is 1. The molecule has 3 heterocycles. The Morgan fingerprint density at radius 1 is 1.05 bits per heavy atom. The molecule has 0 amide bonds. The van der Waals surface area contributed by atoms with Crippen LogP contribution in [0, 0.1) is 0 Å². The molecule has 0 aliphatic carbocycles. The number of fused-ring (bicyclic) bond motifs is 1. The number of aromatic nitrogens is 2. The summed E-state index contributed by atoms with van der Waals surface area (Å²) in [5, 5.41) is 10.6. The molecule has 1 aliphatic heterocycles. The minimum Gasteiger partial charge on any atom is -0.316 e. The maximum atomic E-state index is 4.97. The van der Waals surface area contributed by atoms with Crippen LogP contribution in [0.25, 0.3) is 10.6 Å². The summed E-state index contributed by atoms with van der Waals surface area (Å²) in [5.74, 6) is 0. The van der Waals surface area contributed by atoms with Gasteiger partial charge in [-0.3, -0.25) is 4.68 Å². The highest BCUT2D eigenvalue weighted by Gasteiger charge is 2.21. The molecule has 4 rings (SSSR count). The maximum absolute atomic E-state index is 4.97. The summed E-state index contributed by atoms with van der Waals surface area (Å²) in [5.41, 5.74) is 5.33. The maximum Gasteiger partial charge on any atom is 0.106 e. The van der Waals surface area contributed by atoms with Crippen molar-refractivity contribution in [2.24, 2.45) is 0 Å². The van der Waals surface area contributed by atoms with Crippen molar-refractivity contribution in [3.05, 3.63) is 64.7 Å². The van der Waals surface area contributed by atoms with Gasteiger partial charge in [-0.05, 0) is 30.0 Å². The fourth-order valence-corrected chi connectivity index (χ4v) is 3.86. The van der Waals surface area contributed by atoms with Crippen molar-refractivity contribution >= 4 is 11.3 Å². The third kappa shape index (κ3) is 2.60. The molecule has 22 heavy (non-hydrogen) atoms. The molecule has 2 aromatic heterocycles. The quantitative estimate of drug-likeness (QED) is 0.804. The lowest BCUT2D eigenvalue weighted by atomic mass is 10.1. The smallest absolute Gasteiger partial charge is 0.106 e. The van der Waals surface area contributed by atoms with Crippen LogP contribution in [0.4, 0.5) is 0 Å². The highest BCUT2D eigenvalue weighted by atomic mass is 32.1. The second kappa shape index (κ2) is 6.07. The topological polar surface area (TPSA) is 29.9 Å². The van der Waals surface area contributed by atoms with E-state index in [-0.39, 0.29) is 0 Å². The minimum absolute atomic E-state index is 0.856. The van der Waals surface area contributed by atoms with Crippen molar-refractivity contribution in [1.29, 1.82) is 0 Å². The van der Waals surface area contributed by atoms with Gasteiger partial charge in [-0.15, -0.1) is 11.3 Å². The number of nitrogens with one attached hydrogen (secondary N) is 1. The summed E-state index contributed by atoms with van der Waals surface area (Å²) < 4.78 is 2.22. The summed E-state index contributed by atoms with van der Waals surface area (Å²) in [7, 11) is 0. The van der Waals surface area contributed by atoms with Crippen LogP contribution in [0.5, 0.6) is 0 Å². The van der Waals surface area contributed by atoms with Gasteiger partial charge in [0.1, 0.15) is 5.69 Å². The fourth-order valence-electron chi connectivity index (χ4n) is 3.12. The molecule has 1 aromatic carbocycles. The third-order valence-electron chi connectivity index (χ3n) is 4.19. The number of benzene rings is 1. The molecule has 0 spiro atoms. The molecule has 4 heteroatoms. The fraction of sp³-hybridized carbons (Fsp3) is 0.278. The SMILES string of the molecule is c1ccc(Cn2nc(-c3cccs3)c3c2CCNCC3)cc1. The van der Waals surface area contributed by atoms with E-state index in [9.17, 15) is 0 Å². The first-order valence-corrected chi connectivity index (χ1v) is 8.67. The van der Waals surface area contributed by atoms with Crippen LogP contribution in [-0.4, -0.2) is 22.9 Å². The Bertz CT molecular complexity index is 744. The van der Waals surface area contributed by atoms with E-state index in [2.05, 4.69) is 57.8 Å². The Labute approximate surface area is 134 Å². The van der Waals surface area contributed by atoms with Gasteiger partial charge in [0.05, 0.1) is 11.4 Å². The van der Waals surface area contributed by atoms with Gasteiger partial charge >= 0.3 is 0 Å². The lowest BCUT2D eigenvalue weighted by Crippen LogP contribution is -2.17. The van der Waals surface area contributed by atoms with E-state index < -0.39 is 0 Å². The lowest BCUT2D eigenvalue weighted by Gasteiger charge is -2.07. The van der Waals surface area contributed by atoms with Gasteiger partial charge in [-0.2, -0.15) is 5.10 Å². The van der Waals surface area contributed by atoms with Gasteiger partial charge in [0.25, 0.3) is 0 Å². The second-order valence-electron chi connectivity index (χ2n) is 5.64. The van der Waals surface area contributed by atoms with E-state index in [1.54, 1.807) is 11.3 Å². The molecule has 0 atom stereocenters. The van der Waals surface area contributed by atoms with Crippen LogP contribution in [0.1, 0.15) is 16.8 Å². The van der Waals surface area contributed by atoms with Crippen molar-refractivity contribution in [3.8, 4) is 10.6 Å². The molecule has 0 saturated heterocycles. The predicted molar refractivity (Wildman–Crippen MR) is 91.4 cm³/mol. The monoisotopic (exact) mass is 309 g/mol. The first-order valence-electron chi connectivity index (χ1n) is 7.79. The van der Waals surface area contributed by atoms with E-state index >= 15 is 0 Å². The Hall–Kier alpha value is -1.91. The normalized spacial score (nSPS) is 14.5. The molecule has 1 aliphatic rings. The Morgan fingerprint density at radius 2 is 1.91 bits per heavy atom. The molecular weight excluding hydrogens is 290 g/mol. The van der Waals surface area contributed by atoms with E-state index in [1.165, 1.54) is 27.4 Å². The number of nitrogens with zero attached hydrogens (tertiary/aromatic N) is 2. The Balaban J connectivity index is 1.78. The zero-order valence-corrected chi connectivity index (χ0v) is 13.3. The molecule has 0 radical (unpaired) electrons. The largest absolute Gasteiger partial charge is 0.316 e. The average molecular weight is 309 g/mol. The van der Waals surface area contributed by atoms with E-state index in [1.807, 2.05) is 0 Å². The van der Waals surface area contributed by atoms with Crippen molar-refractivity contribution < 1.29 is 0 Å². The zero-order valence-electron chi connectivity index (χ0n) is 12.5. The van der Waals surface area contributed by atoms with Gasteiger partial charge in [-0.1, -0.05) is 36.4 Å². The highest BCUT2D eigenvalue weighted by molar-refractivity contribution is 7.13. The van der Waals surface area contributed by atoms with Crippen LogP contribution in [0.2, 0.25) is 0 Å². The second-order valence-corrected chi connectivity index (χ2v) is 6.59. The van der Waals surface area contributed by atoms with E-state index in [0.717, 1.165) is 32.5 Å². The van der Waals surface area contributed by atoms with Gasteiger partial charge in [-0.25, -0.2) is 0 Å². The molecule has 112 valence electrons. The minimum atomic E-state index is 0.856. The molecule has 3 nitrogen and oxygen atoms in total. The first-order chi connectivity index (χ1) is 10.9. The van der Waals surface area contributed by atoms with Gasteiger partial charge in [0.15, 0.2) is 0 Å². The summed E-state index contributed by atoms with van der Waals surface area (Å²) >= 11 is 1.78. The van der Waals surface area contributed by atoms with Crippen LogP contribution >= 0.6 is 11.3 Å². The molecule has 0 bridgehead atoms. The molecule has 3 aromatic rings. The zero-order chi connectivity index (χ0) is 14.8. The first kappa shape index (κ1) is 13.7. The van der Waals surface area contributed by atoms with Crippen molar-refractivity contribution in [2.45, 2.75) is 19.4 Å². The van der Waals surface area contributed by atoms with Gasteiger partial charge < -0.3 is 5.32 Å². The van der Waals surface area contributed by atoms with Crippen molar-refractivity contribution in [3.63, 3.8) is 0 Å². The molecule has 0 saturated carbocycles. The molecular formula is C18H19N3S. The van der Waals surface area contributed by atoms with Gasteiger partial charge in [0, 0.05) is 24.2 Å². The number of rotatable bonds is 3. The third-order valence-corrected chi connectivity index (χ3v) is 5.06. The predicted octanol–water partition coefficient (Wildman–Crippen LogP) is 3.35. The van der Waals surface area contributed by atoms with E-state index in [0.29, 0.717) is 0 Å².